The molecule has 0 unspecified atom stereocenters. The molecule has 5 nitrogen and oxygen atoms in total. The van der Waals surface area contributed by atoms with Crippen molar-refractivity contribution in [1.29, 1.82) is 0 Å². The summed E-state index contributed by atoms with van der Waals surface area (Å²) in [6.07, 6.45) is 3.80. The van der Waals surface area contributed by atoms with E-state index in [9.17, 15) is 9.59 Å². The Hall–Kier alpha value is -2.66. The third-order valence-electron chi connectivity index (χ3n) is 5.44. The third kappa shape index (κ3) is 4.03. The van der Waals surface area contributed by atoms with Gasteiger partial charge in [-0.15, -0.1) is 0 Å². The van der Waals surface area contributed by atoms with Crippen LogP contribution in [0.25, 0.3) is 0 Å². The van der Waals surface area contributed by atoms with Crippen LogP contribution in [0.5, 0.6) is 0 Å². The Bertz CT molecular complexity index is 804. The number of nitrogens with one attached hydrogen (secondary N) is 1. The summed E-state index contributed by atoms with van der Waals surface area (Å²) < 4.78 is 5.28. The minimum absolute atomic E-state index is 0.00256. The Kier molecular flexibility index (Phi) is 5.21. The first kappa shape index (κ1) is 17.7. The number of ether oxygens (including phenoxy) is 1. The molecule has 2 aromatic rings. The van der Waals surface area contributed by atoms with Crippen molar-refractivity contribution in [2.24, 2.45) is 0 Å². The summed E-state index contributed by atoms with van der Waals surface area (Å²) in [7, 11) is 0. The van der Waals surface area contributed by atoms with Crippen molar-refractivity contribution < 1.29 is 14.3 Å². The highest BCUT2D eigenvalue weighted by Gasteiger charge is 2.20. The predicted molar refractivity (Wildman–Crippen MR) is 104 cm³/mol. The lowest BCUT2D eigenvalue weighted by molar-refractivity contribution is 0.0303. The van der Waals surface area contributed by atoms with Crippen LogP contribution in [0.3, 0.4) is 0 Å². The molecule has 1 aliphatic heterocycles. The number of amides is 2. The molecule has 5 heteroatoms. The summed E-state index contributed by atoms with van der Waals surface area (Å²) in [5.41, 5.74) is 3.27. The Morgan fingerprint density at radius 1 is 0.889 bits per heavy atom. The Balaban J connectivity index is 1.37. The second-order valence-electron chi connectivity index (χ2n) is 7.19. The highest BCUT2D eigenvalue weighted by atomic mass is 16.5. The van der Waals surface area contributed by atoms with E-state index >= 15 is 0 Å². The van der Waals surface area contributed by atoms with Gasteiger partial charge in [0.25, 0.3) is 11.8 Å². The summed E-state index contributed by atoms with van der Waals surface area (Å²) in [5, 5.41) is 2.90. The summed E-state index contributed by atoms with van der Waals surface area (Å²) >= 11 is 0. The van der Waals surface area contributed by atoms with Crippen molar-refractivity contribution in [2.75, 3.05) is 31.6 Å². The molecule has 0 atom stereocenters. The number of carbonyl (C=O) groups is 2. The molecular formula is C22H24N2O3. The zero-order valence-electron chi connectivity index (χ0n) is 15.3. The minimum Gasteiger partial charge on any atom is -0.378 e. The topological polar surface area (TPSA) is 58.6 Å². The fraction of sp³-hybridized carbons (Fsp3) is 0.364. The molecule has 1 saturated carbocycles. The normalized spacial score (nSPS) is 17.3. The maximum absolute atomic E-state index is 12.5. The Morgan fingerprint density at radius 3 is 2.11 bits per heavy atom. The maximum atomic E-state index is 12.5. The second kappa shape index (κ2) is 7.92. The van der Waals surface area contributed by atoms with E-state index in [0.717, 1.165) is 0 Å². The molecule has 0 spiro atoms. The van der Waals surface area contributed by atoms with E-state index in [1.54, 1.807) is 29.2 Å². The number of benzene rings is 2. The summed E-state index contributed by atoms with van der Waals surface area (Å²) in [6, 6.07) is 15.0. The lowest BCUT2D eigenvalue weighted by Gasteiger charge is -2.26. The number of carbonyl (C=O) groups excluding carboxylic acids is 2. The average molecular weight is 364 g/mol. The van der Waals surface area contributed by atoms with Gasteiger partial charge >= 0.3 is 0 Å². The Labute approximate surface area is 159 Å². The average Bonchev–Trinajstić information content (AvgIpc) is 2.68. The molecule has 0 radical (unpaired) electrons. The van der Waals surface area contributed by atoms with Gasteiger partial charge in [0.05, 0.1) is 13.2 Å². The van der Waals surface area contributed by atoms with Crippen LogP contribution in [0, 0.1) is 0 Å². The highest BCUT2D eigenvalue weighted by molar-refractivity contribution is 6.04. The monoisotopic (exact) mass is 364 g/mol. The van der Waals surface area contributed by atoms with E-state index in [2.05, 4.69) is 17.4 Å². The number of nitrogens with zero attached hydrogens (tertiary/aromatic N) is 1. The van der Waals surface area contributed by atoms with E-state index in [4.69, 9.17) is 4.74 Å². The molecule has 4 rings (SSSR count). The summed E-state index contributed by atoms with van der Waals surface area (Å²) in [4.78, 5) is 26.7. The Morgan fingerprint density at radius 2 is 1.52 bits per heavy atom. The molecule has 1 aliphatic carbocycles. The lowest BCUT2D eigenvalue weighted by Crippen LogP contribution is -2.40. The van der Waals surface area contributed by atoms with Gasteiger partial charge in [0.2, 0.25) is 0 Å². The second-order valence-corrected chi connectivity index (χ2v) is 7.19. The zero-order valence-corrected chi connectivity index (χ0v) is 15.3. The molecule has 2 aliphatic rings. The van der Waals surface area contributed by atoms with Crippen molar-refractivity contribution in [3.05, 3.63) is 65.2 Å². The van der Waals surface area contributed by atoms with Crippen LogP contribution in [0.2, 0.25) is 0 Å². The van der Waals surface area contributed by atoms with E-state index < -0.39 is 0 Å². The van der Waals surface area contributed by atoms with Crippen LogP contribution in [0.1, 0.15) is 51.5 Å². The molecule has 2 amide bonds. The van der Waals surface area contributed by atoms with Gasteiger partial charge < -0.3 is 15.0 Å². The molecule has 1 N–H and O–H groups in total. The van der Waals surface area contributed by atoms with Gasteiger partial charge in [0.15, 0.2) is 0 Å². The molecule has 0 bridgehead atoms. The fourth-order valence-electron chi connectivity index (χ4n) is 3.50. The van der Waals surface area contributed by atoms with Crippen molar-refractivity contribution >= 4 is 17.5 Å². The molecule has 27 heavy (non-hydrogen) atoms. The smallest absolute Gasteiger partial charge is 0.255 e. The minimum atomic E-state index is -0.137. The standard InChI is InChI=1S/C22H24N2O3/c25-21(18-6-4-17(5-7-18)16-2-1-3-16)23-20-10-8-19(9-11-20)22(26)24-12-14-27-15-13-24/h4-11,16H,1-3,12-15H2,(H,23,25). The van der Waals surface area contributed by atoms with Crippen molar-refractivity contribution in [2.45, 2.75) is 25.2 Å². The third-order valence-corrected chi connectivity index (χ3v) is 5.44. The molecule has 2 aromatic carbocycles. The molecule has 0 aromatic heterocycles. The van der Waals surface area contributed by atoms with Gasteiger partial charge in [0.1, 0.15) is 0 Å². The van der Waals surface area contributed by atoms with Crippen molar-refractivity contribution in [3.63, 3.8) is 0 Å². The van der Waals surface area contributed by atoms with Gasteiger partial charge in [0, 0.05) is 29.9 Å². The van der Waals surface area contributed by atoms with E-state index in [1.807, 2.05) is 12.1 Å². The van der Waals surface area contributed by atoms with E-state index in [-0.39, 0.29) is 11.8 Å². The predicted octanol–water partition coefficient (Wildman–Crippen LogP) is 3.68. The van der Waals surface area contributed by atoms with Crippen molar-refractivity contribution in [1.82, 2.24) is 4.90 Å². The van der Waals surface area contributed by atoms with Crippen LogP contribution < -0.4 is 5.32 Å². The van der Waals surface area contributed by atoms with Crippen LogP contribution >= 0.6 is 0 Å². The molecule has 2 fully saturated rings. The molecular weight excluding hydrogens is 340 g/mol. The quantitative estimate of drug-likeness (QED) is 0.900. The first-order valence-electron chi connectivity index (χ1n) is 9.59. The summed E-state index contributed by atoms with van der Waals surface area (Å²) in [6.45, 7) is 2.40. The van der Waals surface area contributed by atoms with E-state index in [0.29, 0.717) is 49.0 Å². The van der Waals surface area contributed by atoms with Crippen LogP contribution in [0.15, 0.2) is 48.5 Å². The van der Waals surface area contributed by atoms with E-state index in [1.165, 1.54) is 24.8 Å². The fourth-order valence-corrected chi connectivity index (χ4v) is 3.50. The van der Waals surface area contributed by atoms with Gasteiger partial charge in [-0.05, 0) is 60.7 Å². The first-order chi connectivity index (χ1) is 13.2. The number of morpholine rings is 1. The number of anilines is 1. The largest absolute Gasteiger partial charge is 0.378 e. The number of hydrogen-bond acceptors (Lipinski definition) is 3. The van der Waals surface area contributed by atoms with Gasteiger partial charge in [-0.25, -0.2) is 0 Å². The van der Waals surface area contributed by atoms with Gasteiger partial charge in [-0.2, -0.15) is 0 Å². The van der Waals surface area contributed by atoms with Gasteiger partial charge in [-0.1, -0.05) is 18.6 Å². The number of hydrogen-bond donors (Lipinski definition) is 1. The number of rotatable bonds is 4. The molecule has 1 heterocycles. The molecule has 1 saturated heterocycles. The van der Waals surface area contributed by atoms with Crippen LogP contribution in [-0.2, 0) is 4.74 Å². The first-order valence-corrected chi connectivity index (χ1v) is 9.59. The summed E-state index contributed by atoms with van der Waals surface area (Å²) in [5.74, 6) is 0.531. The van der Waals surface area contributed by atoms with Crippen LogP contribution in [-0.4, -0.2) is 43.0 Å². The van der Waals surface area contributed by atoms with Crippen molar-refractivity contribution in [3.8, 4) is 0 Å². The van der Waals surface area contributed by atoms with Crippen LogP contribution in [0.4, 0.5) is 5.69 Å². The van der Waals surface area contributed by atoms with Gasteiger partial charge in [-0.3, -0.25) is 9.59 Å². The maximum Gasteiger partial charge on any atom is 0.255 e. The SMILES string of the molecule is O=C(Nc1ccc(C(=O)N2CCOCC2)cc1)c1ccc(C2CCC2)cc1. The zero-order chi connectivity index (χ0) is 18.6. The highest BCUT2D eigenvalue weighted by Crippen LogP contribution is 2.36. The molecule has 140 valence electrons. The lowest BCUT2D eigenvalue weighted by atomic mass is 9.80.